The Morgan fingerprint density at radius 2 is 0.904 bits per heavy atom. The van der Waals surface area contributed by atoms with Crippen molar-refractivity contribution in [2.24, 2.45) is 98.4 Å². The van der Waals surface area contributed by atoms with Crippen LogP contribution in [0.25, 0.3) is 44.3 Å². The number of hydrogen-bond donors (Lipinski definition) is 1. The van der Waals surface area contributed by atoms with E-state index in [1.54, 1.807) is 9.36 Å². The summed E-state index contributed by atoms with van der Waals surface area (Å²) in [5, 5.41) is 20.0. The molecule has 2 N–H and O–H groups in total. The van der Waals surface area contributed by atoms with E-state index < -0.39 is 0 Å². The lowest BCUT2D eigenvalue weighted by atomic mass is 9.44. The van der Waals surface area contributed by atoms with E-state index in [-0.39, 0.29) is 121 Å². The Morgan fingerprint density at radius 1 is 0.500 bits per heavy atom. The molecule has 5 aromatic rings. The maximum Gasteiger partial charge on any atom is 0.328 e. The summed E-state index contributed by atoms with van der Waals surface area (Å²) in [5.74, 6) is 4.28. The number of hydrogen-bond acceptors (Lipinski definition) is 17. The number of amides is 4. The Hall–Kier alpha value is -7.88. The van der Waals surface area contributed by atoms with Crippen LogP contribution in [-0.4, -0.2) is 137 Å². The molecule has 2 aliphatic heterocycles. The largest absolute Gasteiger partial charge is 0.464 e. The fourth-order valence-electron chi connectivity index (χ4n) is 24.2. The Balaban J connectivity index is 0.509. The highest BCUT2D eigenvalue weighted by molar-refractivity contribution is 6.13. The number of esters is 4. The smallest absolute Gasteiger partial charge is 0.328 e. The average molecular weight is 1420 g/mol. The van der Waals surface area contributed by atoms with Gasteiger partial charge < -0.3 is 29.2 Å². The van der Waals surface area contributed by atoms with Gasteiger partial charge in [0.15, 0.2) is 0 Å². The van der Waals surface area contributed by atoms with Gasteiger partial charge in [0.2, 0.25) is 0 Å². The van der Waals surface area contributed by atoms with Gasteiger partial charge in [0.25, 0.3) is 23.6 Å². The predicted molar refractivity (Wildman–Crippen MR) is 387 cm³/mol. The number of ether oxygens (including phenoxy) is 4. The van der Waals surface area contributed by atoms with Crippen LogP contribution in [0, 0.1) is 92.7 Å². The Morgan fingerprint density at radius 3 is 1.32 bits per heavy atom. The van der Waals surface area contributed by atoms with Gasteiger partial charge in [-0.1, -0.05) is 76.2 Å². The van der Waals surface area contributed by atoms with Gasteiger partial charge in [-0.25, -0.2) is 9.36 Å². The lowest BCUT2D eigenvalue weighted by Gasteiger charge is -2.61. The van der Waals surface area contributed by atoms with Crippen molar-refractivity contribution in [3.05, 3.63) is 73.1 Å². The zero-order chi connectivity index (χ0) is 72.6. The van der Waals surface area contributed by atoms with E-state index in [0.29, 0.717) is 108 Å². The molecule has 8 fully saturated rings. The third-order valence-corrected chi connectivity index (χ3v) is 29.4. The fraction of sp³-hybridized carbons (Fsp3) is 0.659. The first-order valence-electron chi connectivity index (χ1n) is 39.4. The highest BCUT2D eigenvalue weighted by Crippen LogP contribution is 2.70. The van der Waals surface area contributed by atoms with Gasteiger partial charge in [-0.2, -0.15) is 0 Å². The fourth-order valence-corrected chi connectivity index (χ4v) is 24.2. The van der Waals surface area contributed by atoms with Crippen LogP contribution in [0.3, 0.4) is 0 Å². The van der Waals surface area contributed by atoms with Crippen molar-refractivity contribution in [2.45, 2.75) is 215 Å². The van der Waals surface area contributed by atoms with Gasteiger partial charge in [0.1, 0.15) is 49.9 Å². The van der Waals surface area contributed by atoms with Crippen LogP contribution in [-0.2, 0) is 76.9 Å². The normalized spacial score (nSPS) is 33.3. The van der Waals surface area contributed by atoms with E-state index >= 15 is 0 Å². The van der Waals surface area contributed by atoms with E-state index in [1.807, 2.05) is 24.5 Å². The van der Waals surface area contributed by atoms with Crippen molar-refractivity contribution >= 4 is 69.3 Å². The molecule has 22 nitrogen and oxygen atoms in total. The number of rotatable bonds is 24. The summed E-state index contributed by atoms with van der Waals surface area (Å²) in [5.41, 5.74) is 12.2. The van der Waals surface area contributed by atoms with E-state index in [1.165, 1.54) is 88.5 Å². The number of fused-ring (bicyclic) bond motifs is 13. The molecule has 0 saturated heterocycles. The number of carbonyl (C=O) groups excluding carboxylic acids is 8. The molecule has 5 heterocycles. The number of aromatic nitrogens is 7. The standard InChI is InChI=1S/C82H106N10O12/c1-49(7-25-75(97)101-39-37-91-71(93)21-22-72(91)94)61-17-19-63-59-15-11-53-43-55(27-31-79(53,3)65(59)29-33-81(61,63)5)103-77(99)47-88-45-67(84-86-88)51-9-13-57-58-14-10-52(42-70(58)90(36-35-83)69(57)41-51)68-46-89(87-85-68)48-78(100)104-56-28-32-80(4)54(44-56)12-16-60-64-20-18-62(82(64,6)34-30-66(60)80)50(2)8-26-76(98)102-40-38-92-73(95)23-24-74(92)96/h9-10,13-14,21-24,41-42,45-46,49-50,53-56,59-66H,7-8,11-12,15-20,25-40,43-44,47-48,83H2,1-6H3/t49-,50-,53-,54+,55-,56-,59+,60+,61?,62?,63+,64+,65?,66?,79?,80?,81?,82?/m1/s1. The van der Waals surface area contributed by atoms with Crippen molar-refractivity contribution in [3.63, 3.8) is 0 Å². The van der Waals surface area contributed by atoms with Crippen LogP contribution in [0.2, 0.25) is 0 Å². The van der Waals surface area contributed by atoms with Gasteiger partial charge in [0, 0.05) is 83.2 Å². The summed E-state index contributed by atoms with van der Waals surface area (Å²) >= 11 is 0. The molecule has 22 heteroatoms. The first-order valence-corrected chi connectivity index (χ1v) is 39.4. The first-order chi connectivity index (χ1) is 50.0. The maximum absolute atomic E-state index is 13.7. The quantitative estimate of drug-likeness (QED) is 0.0341. The van der Waals surface area contributed by atoms with Gasteiger partial charge in [-0.05, 0) is 233 Å². The first kappa shape index (κ1) is 71.7. The number of carbonyl (C=O) groups is 8. The summed E-state index contributed by atoms with van der Waals surface area (Å²) in [6.45, 7) is 15.9. The zero-order valence-electron chi connectivity index (χ0n) is 61.7. The molecule has 104 heavy (non-hydrogen) atoms. The molecule has 10 aliphatic rings. The minimum absolute atomic E-state index is 0.0178. The third kappa shape index (κ3) is 13.4. The molecule has 18 atom stereocenters. The Labute approximate surface area is 609 Å². The van der Waals surface area contributed by atoms with Gasteiger partial charge in [0.05, 0.1) is 25.5 Å². The SMILES string of the molecule is C[C@H](CCC(=O)OCCN1C(=O)C=CC1=O)C1CC[C@H]2[C@@H]3CC[C@@H]4C[C@H](OC(=O)Cn5cc(-c6ccc7c8ccc(-c9cn(CC(=O)O[C@@H]%10CCC%11(C)C%12CCC%13(C)C([C@H](C)CCC(=O)OCCN%14C(=O)C=CC%14=O)CC[C@H]%13[C@@H]%12CC[C@H]%11C%10)nn9)cc8n(CCN)c7c6)nn5)CCC4(C)C3CCC12C. The molecule has 15 rings (SSSR count). The molecule has 8 saturated carbocycles. The highest BCUT2D eigenvalue weighted by atomic mass is 16.6. The molecule has 0 spiro atoms. The van der Waals surface area contributed by atoms with Crippen molar-refractivity contribution in [3.8, 4) is 22.5 Å². The summed E-state index contributed by atoms with van der Waals surface area (Å²) in [7, 11) is 0. The lowest BCUT2D eigenvalue weighted by molar-refractivity contribution is -0.164. The second-order valence-electron chi connectivity index (χ2n) is 34.3. The summed E-state index contributed by atoms with van der Waals surface area (Å²) in [6, 6.07) is 12.5. The lowest BCUT2D eigenvalue weighted by Crippen LogP contribution is -2.54. The molecule has 0 radical (unpaired) electrons. The second kappa shape index (κ2) is 28.8. The highest BCUT2D eigenvalue weighted by Gasteiger charge is 2.63. The topological polar surface area (TPSA) is 272 Å². The predicted octanol–water partition coefficient (Wildman–Crippen LogP) is 12.2. The summed E-state index contributed by atoms with van der Waals surface area (Å²) < 4.78 is 28.9. The summed E-state index contributed by atoms with van der Waals surface area (Å²) in [6.07, 6.45) is 30.6. The van der Waals surface area contributed by atoms with Gasteiger partial charge in [-0.3, -0.25) is 48.2 Å². The van der Waals surface area contributed by atoms with E-state index in [2.05, 4.69) is 91.0 Å². The van der Waals surface area contributed by atoms with Crippen LogP contribution in [0.4, 0.5) is 0 Å². The monoisotopic (exact) mass is 1420 g/mol. The number of benzene rings is 2. The van der Waals surface area contributed by atoms with Crippen molar-refractivity contribution in [1.29, 1.82) is 0 Å². The van der Waals surface area contributed by atoms with E-state index in [4.69, 9.17) is 24.7 Å². The van der Waals surface area contributed by atoms with Crippen molar-refractivity contribution < 1.29 is 57.3 Å². The van der Waals surface area contributed by atoms with Crippen LogP contribution in [0.5, 0.6) is 0 Å². The Kier molecular flexibility index (Phi) is 19.8. The maximum atomic E-state index is 13.7. The number of imide groups is 2. The van der Waals surface area contributed by atoms with Crippen molar-refractivity contribution in [2.75, 3.05) is 32.8 Å². The molecule has 8 unspecified atom stereocenters. The zero-order valence-corrected chi connectivity index (χ0v) is 61.7. The molecule has 3 aromatic heterocycles. The number of nitrogens with two attached hydrogens (primary N) is 1. The molecule has 0 bridgehead atoms. The van der Waals surface area contributed by atoms with Crippen LogP contribution < -0.4 is 5.73 Å². The molecule has 8 aliphatic carbocycles. The number of nitrogens with zero attached hydrogens (tertiary/aromatic N) is 9. The van der Waals surface area contributed by atoms with E-state index in [0.717, 1.165) is 107 Å². The average Bonchev–Trinajstić information content (AvgIpc) is 1.39. The second-order valence-corrected chi connectivity index (χ2v) is 34.3. The third-order valence-electron chi connectivity index (χ3n) is 29.4. The minimum Gasteiger partial charge on any atom is -0.464 e. The Bertz CT molecular complexity index is 3930. The molecular formula is C82H106N10O12. The minimum atomic E-state index is -0.369. The molecular weight excluding hydrogens is 1320 g/mol. The van der Waals surface area contributed by atoms with Gasteiger partial charge in [-0.15, -0.1) is 10.2 Å². The van der Waals surface area contributed by atoms with Gasteiger partial charge >= 0.3 is 23.9 Å². The molecule has 4 amide bonds. The van der Waals surface area contributed by atoms with Crippen LogP contribution in [0.1, 0.15) is 183 Å². The summed E-state index contributed by atoms with van der Waals surface area (Å²) in [4.78, 5) is 103. The van der Waals surface area contributed by atoms with Crippen LogP contribution in [0.15, 0.2) is 73.1 Å². The molecule has 2 aromatic carbocycles. The van der Waals surface area contributed by atoms with Crippen LogP contribution >= 0.6 is 0 Å². The molecule has 556 valence electrons. The van der Waals surface area contributed by atoms with Crippen molar-refractivity contribution in [1.82, 2.24) is 44.4 Å². The van der Waals surface area contributed by atoms with E-state index in [9.17, 15) is 38.4 Å².